The third-order valence-electron chi connectivity index (χ3n) is 2.90. The Morgan fingerprint density at radius 3 is 2.74 bits per heavy atom. The maximum Gasteiger partial charge on any atom is 0.212 e. The zero-order chi connectivity index (χ0) is 14.2. The van der Waals surface area contributed by atoms with Gasteiger partial charge in [-0.2, -0.15) is 5.10 Å². The molecule has 0 unspecified atom stereocenters. The summed E-state index contributed by atoms with van der Waals surface area (Å²) < 4.78 is 15.6. The second kappa shape index (κ2) is 5.25. The van der Waals surface area contributed by atoms with E-state index in [4.69, 9.17) is 0 Å². The minimum Gasteiger partial charge on any atom is -0.287 e. The van der Waals surface area contributed by atoms with Gasteiger partial charge in [-0.25, -0.2) is 4.39 Å². The van der Waals surface area contributed by atoms with E-state index < -0.39 is 5.82 Å². The third-order valence-corrected chi connectivity index (χ3v) is 3.48. The number of hydrogen-bond donors (Lipinski definition) is 0. The molecule has 0 N–H and O–H groups in total. The van der Waals surface area contributed by atoms with Gasteiger partial charge >= 0.3 is 0 Å². The predicted molar refractivity (Wildman–Crippen MR) is 74.9 cm³/mol. The van der Waals surface area contributed by atoms with Crippen molar-refractivity contribution in [1.82, 2.24) is 9.78 Å². The summed E-state index contributed by atoms with van der Waals surface area (Å²) in [6.07, 6.45) is 1.59. The second-order valence-corrected chi connectivity index (χ2v) is 5.52. The molecule has 5 heteroatoms. The van der Waals surface area contributed by atoms with Crippen LogP contribution in [0.15, 0.2) is 28.9 Å². The molecule has 100 valence electrons. The number of ketones is 1. The van der Waals surface area contributed by atoms with Crippen LogP contribution in [-0.2, 0) is 0 Å². The number of rotatable bonds is 3. The number of aromatic nitrogens is 2. The first-order valence-electron chi connectivity index (χ1n) is 5.95. The average molecular weight is 325 g/mol. The summed E-state index contributed by atoms with van der Waals surface area (Å²) in [6, 6.07) is 4.27. The molecule has 0 radical (unpaired) electrons. The smallest absolute Gasteiger partial charge is 0.212 e. The quantitative estimate of drug-likeness (QED) is 0.802. The Kier molecular flexibility index (Phi) is 3.85. The highest BCUT2D eigenvalue weighted by Crippen LogP contribution is 2.24. The summed E-state index contributed by atoms with van der Waals surface area (Å²) in [7, 11) is 0. The van der Waals surface area contributed by atoms with Gasteiger partial charge in [-0.15, -0.1) is 0 Å². The zero-order valence-electron chi connectivity index (χ0n) is 10.9. The average Bonchev–Trinajstić information content (AvgIpc) is 2.73. The van der Waals surface area contributed by atoms with E-state index in [2.05, 4.69) is 21.0 Å². The molecule has 0 atom stereocenters. The van der Waals surface area contributed by atoms with E-state index in [9.17, 15) is 9.18 Å². The van der Waals surface area contributed by atoms with Crippen molar-refractivity contribution in [1.29, 1.82) is 0 Å². The van der Waals surface area contributed by atoms with E-state index in [-0.39, 0.29) is 11.8 Å². The van der Waals surface area contributed by atoms with Crippen LogP contribution in [0.5, 0.6) is 0 Å². The third kappa shape index (κ3) is 2.61. The van der Waals surface area contributed by atoms with Gasteiger partial charge < -0.3 is 0 Å². The van der Waals surface area contributed by atoms with Gasteiger partial charge in [0.2, 0.25) is 5.78 Å². The van der Waals surface area contributed by atoms with Gasteiger partial charge in [-0.1, -0.05) is 6.07 Å². The molecule has 1 aromatic carbocycles. The Labute approximate surface area is 119 Å². The van der Waals surface area contributed by atoms with Crippen molar-refractivity contribution in [3.05, 3.63) is 51.5 Å². The molecule has 0 saturated carbocycles. The van der Waals surface area contributed by atoms with Crippen LogP contribution in [0.2, 0.25) is 0 Å². The first-order chi connectivity index (χ1) is 8.91. The fraction of sp³-hybridized carbons (Fsp3) is 0.286. The summed E-state index contributed by atoms with van der Waals surface area (Å²) >= 11 is 3.33. The maximum absolute atomic E-state index is 13.3. The number of carbonyl (C=O) groups is 1. The van der Waals surface area contributed by atoms with Crippen LogP contribution in [0.3, 0.4) is 0 Å². The molecule has 2 rings (SSSR count). The minimum atomic E-state index is -0.416. The number of halogens is 2. The van der Waals surface area contributed by atoms with Crippen LogP contribution in [0, 0.1) is 12.7 Å². The summed E-state index contributed by atoms with van der Waals surface area (Å²) in [4.78, 5) is 12.6. The van der Waals surface area contributed by atoms with Crippen molar-refractivity contribution in [2.75, 3.05) is 0 Å². The van der Waals surface area contributed by atoms with Crippen LogP contribution >= 0.6 is 15.9 Å². The fourth-order valence-corrected chi connectivity index (χ4v) is 2.36. The van der Waals surface area contributed by atoms with Crippen LogP contribution in [0.4, 0.5) is 4.39 Å². The van der Waals surface area contributed by atoms with E-state index in [1.54, 1.807) is 23.9 Å². The van der Waals surface area contributed by atoms with E-state index in [1.165, 1.54) is 12.1 Å². The largest absolute Gasteiger partial charge is 0.287 e. The first kappa shape index (κ1) is 13.9. The zero-order valence-corrected chi connectivity index (χ0v) is 12.5. The van der Waals surface area contributed by atoms with Gasteiger partial charge in [0.25, 0.3) is 0 Å². The van der Waals surface area contributed by atoms with Crippen LogP contribution in [0.1, 0.15) is 41.5 Å². The molecule has 19 heavy (non-hydrogen) atoms. The normalized spacial score (nSPS) is 11.1. The lowest BCUT2D eigenvalue weighted by Crippen LogP contribution is -2.15. The van der Waals surface area contributed by atoms with Crippen molar-refractivity contribution in [3.63, 3.8) is 0 Å². The SMILES string of the molecule is Cc1ccc(F)cc1C(=O)c1c(Br)cnn1C(C)C. The summed E-state index contributed by atoms with van der Waals surface area (Å²) in [5, 5.41) is 4.17. The van der Waals surface area contributed by atoms with Gasteiger partial charge in [-0.05, 0) is 54.4 Å². The van der Waals surface area contributed by atoms with Crippen molar-refractivity contribution >= 4 is 21.7 Å². The molecular weight excluding hydrogens is 311 g/mol. The topological polar surface area (TPSA) is 34.9 Å². The lowest BCUT2D eigenvalue weighted by molar-refractivity contribution is 0.102. The van der Waals surface area contributed by atoms with Crippen LogP contribution < -0.4 is 0 Å². The molecule has 0 spiro atoms. The molecule has 1 aromatic heterocycles. The monoisotopic (exact) mass is 324 g/mol. The molecule has 1 heterocycles. The van der Waals surface area contributed by atoms with Gasteiger partial charge in [0, 0.05) is 11.6 Å². The molecule has 0 saturated heterocycles. The molecule has 2 aromatic rings. The van der Waals surface area contributed by atoms with Crippen LogP contribution in [-0.4, -0.2) is 15.6 Å². The molecule has 0 bridgehead atoms. The fourth-order valence-electron chi connectivity index (χ4n) is 1.91. The maximum atomic E-state index is 13.3. The Morgan fingerprint density at radius 2 is 2.11 bits per heavy atom. The predicted octanol–water partition coefficient (Wildman–Crippen LogP) is 3.91. The van der Waals surface area contributed by atoms with Crippen molar-refractivity contribution < 1.29 is 9.18 Å². The Hall–Kier alpha value is -1.49. The number of benzene rings is 1. The van der Waals surface area contributed by atoms with Crippen LogP contribution in [0.25, 0.3) is 0 Å². The first-order valence-corrected chi connectivity index (χ1v) is 6.75. The van der Waals surface area contributed by atoms with Gasteiger partial charge in [0.1, 0.15) is 11.5 Å². The van der Waals surface area contributed by atoms with Crippen molar-refractivity contribution in [2.24, 2.45) is 0 Å². The Balaban J connectivity index is 2.56. The summed E-state index contributed by atoms with van der Waals surface area (Å²) in [6.45, 7) is 5.67. The van der Waals surface area contributed by atoms with E-state index >= 15 is 0 Å². The van der Waals surface area contributed by atoms with Gasteiger partial charge in [0.15, 0.2) is 0 Å². The number of nitrogens with zero attached hydrogens (tertiary/aromatic N) is 2. The number of aryl methyl sites for hydroxylation is 1. The highest BCUT2D eigenvalue weighted by atomic mass is 79.9. The highest BCUT2D eigenvalue weighted by Gasteiger charge is 2.22. The second-order valence-electron chi connectivity index (χ2n) is 4.67. The molecule has 0 fully saturated rings. The van der Waals surface area contributed by atoms with Crippen molar-refractivity contribution in [2.45, 2.75) is 26.8 Å². The van der Waals surface area contributed by atoms with Crippen molar-refractivity contribution in [3.8, 4) is 0 Å². The van der Waals surface area contributed by atoms with E-state index in [0.717, 1.165) is 5.56 Å². The molecular formula is C14H14BrFN2O. The molecule has 0 aliphatic rings. The Morgan fingerprint density at radius 1 is 1.42 bits per heavy atom. The van der Waals surface area contributed by atoms with E-state index in [1.807, 2.05) is 13.8 Å². The number of hydrogen-bond acceptors (Lipinski definition) is 2. The Bertz CT molecular complexity index is 634. The molecule has 0 aliphatic heterocycles. The lowest BCUT2D eigenvalue weighted by Gasteiger charge is -2.12. The lowest BCUT2D eigenvalue weighted by atomic mass is 10.0. The molecule has 0 aliphatic carbocycles. The minimum absolute atomic E-state index is 0.0547. The highest BCUT2D eigenvalue weighted by molar-refractivity contribution is 9.10. The van der Waals surface area contributed by atoms with Gasteiger partial charge in [-0.3, -0.25) is 9.48 Å². The van der Waals surface area contributed by atoms with Gasteiger partial charge in [0.05, 0.1) is 10.7 Å². The van der Waals surface area contributed by atoms with E-state index in [0.29, 0.717) is 15.7 Å². The summed E-state index contributed by atoms with van der Waals surface area (Å²) in [5.74, 6) is -0.643. The molecule has 0 amide bonds. The number of carbonyl (C=O) groups excluding carboxylic acids is 1. The summed E-state index contributed by atoms with van der Waals surface area (Å²) in [5.41, 5.74) is 1.56. The molecule has 3 nitrogen and oxygen atoms in total. The standard InChI is InChI=1S/C14H14BrFN2O/c1-8(2)18-13(12(15)7-17-18)14(19)11-6-10(16)5-4-9(11)3/h4-8H,1-3H3.